The Balaban J connectivity index is 0.00000109. The molecule has 0 spiro atoms. The summed E-state index contributed by atoms with van der Waals surface area (Å²) in [7, 11) is 0. The average molecular weight is 350 g/mol. The first-order chi connectivity index (χ1) is 12.0. The third-order valence-corrected chi connectivity index (χ3v) is 4.31. The maximum absolute atomic E-state index is 14.4. The van der Waals surface area contributed by atoms with Crippen LogP contribution in [0.15, 0.2) is 36.4 Å². The molecule has 2 aromatic rings. The molecule has 0 nitrogen and oxygen atoms in total. The van der Waals surface area contributed by atoms with Crippen LogP contribution in [0.1, 0.15) is 45.6 Å². The molecule has 0 fully saturated rings. The predicted molar refractivity (Wildman–Crippen MR) is 94.1 cm³/mol. The van der Waals surface area contributed by atoms with Crippen molar-refractivity contribution >= 4 is 5.57 Å². The van der Waals surface area contributed by atoms with Gasteiger partial charge in [0.05, 0.1) is 0 Å². The number of benzene rings is 2. The van der Waals surface area contributed by atoms with Crippen molar-refractivity contribution in [3.8, 4) is 11.1 Å². The molecule has 0 saturated heterocycles. The van der Waals surface area contributed by atoms with E-state index in [4.69, 9.17) is 0 Å². The predicted octanol–water partition coefficient (Wildman–Crippen LogP) is 7.14. The minimum absolute atomic E-state index is 0.0169. The van der Waals surface area contributed by atoms with Crippen molar-refractivity contribution < 1.29 is 17.6 Å². The molecule has 25 heavy (non-hydrogen) atoms. The minimum atomic E-state index is -1.55. The summed E-state index contributed by atoms with van der Waals surface area (Å²) in [6.07, 6.45) is 5.02. The van der Waals surface area contributed by atoms with Gasteiger partial charge in [-0.05, 0) is 60.1 Å². The molecule has 0 aromatic heterocycles. The van der Waals surface area contributed by atoms with Crippen LogP contribution < -0.4 is 0 Å². The molecule has 0 heterocycles. The third-order valence-electron chi connectivity index (χ3n) is 4.31. The molecule has 0 N–H and O–H groups in total. The van der Waals surface area contributed by atoms with E-state index in [0.717, 1.165) is 42.5 Å². The molecule has 0 bridgehead atoms. The second-order valence-electron chi connectivity index (χ2n) is 6.06. The van der Waals surface area contributed by atoms with Crippen LogP contribution >= 0.6 is 0 Å². The van der Waals surface area contributed by atoms with E-state index in [9.17, 15) is 17.6 Å². The Morgan fingerprint density at radius 3 is 1.96 bits per heavy atom. The molecule has 0 saturated carbocycles. The second kappa shape index (κ2) is 8.32. The summed E-state index contributed by atoms with van der Waals surface area (Å²) in [5.74, 6) is -4.15. The number of halogens is 4. The van der Waals surface area contributed by atoms with Gasteiger partial charge in [0.15, 0.2) is 17.5 Å². The normalized spacial score (nSPS) is 16.8. The van der Waals surface area contributed by atoms with Gasteiger partial charge < -0.3 is 0 Å². The Labute approximate surface area is 146 Å². The second-order valence-corrected chi connectivity index (χ2v) is 6.06. The monoisotopic (exact) mass is 350 g/mol. The molecule has 0 radical (unpaired) electrons. The molecule has 2 aromatic carbocycles. The first-order valence-corrected chi connectivity index (χ1v) is 8.59. The Bertz CT molecular complexity index is 754. The lowest BCUT2D eigenvalue weighted by Gasteiger charge is -2.19. The largest absolute Gasteiger partial charge is 0.206 e. The van der Waals surface area contributed by atoms with Crippen LogP contribution in [0.4, 0.5) is 17.6 Å². The van der Waals surface area contributed by atoms with E-state index in [0.29, 0.717) is 5.92 Å². The molecule has 1 aliphatic rings. The van der Waals surface area contributed by atoms with Crippen LogP contribution in [0.3, 0.4) is 0 Å². The van der Waals surface area contributed by atoms with Gasteiger partial charge in [-0.25, -0.2) is 17.6 Å². The highest BCUT2D eigenvalue weighted by Crippen LogP contribution is 2.33. The summed E-state index contributed by atoms with van der Waals surface area (Å²) in [6, 6.07) is 6.20. The van der Waals surface area contributed by atoms with E-state index in [1.165, 1.54) is 12.1 Å². The van der Waals surface area contributed by atoms with Gasteiger partial charge in [0.1, 0.15) is 5.82 Å². The Hall–Kier alpha value is -2.10. The molecule has 1 unspecified atom stereocenters. The van der Waals surface area contributed by atoms with Gasteiger partial charge in [-0.15, -0.1) is 0 Å². The van der Waals surface area contributed by atoms with Crippen LogP contribution in [-0.4, -0.2) is 0 Å². The number of allylic oxidation sites excluding steroid dienone is 2. The van der Waals surface area contributed by atoms with Gasteiger partial charge in [0.2, 0.25) is 0 Å². The standard InChI is InChI=1S/C19H16F4.C2H6/c1-11-2-4-12(5-3-11)13-6-7-15(16(20)8-13)14-9-17(21)19(23)18(22)10-14;1-2/h4,6-11H,2-3,5H2,1H3;1-2H3. The van der Waals surface area contributed by atoms with Crippen molar-refractivity contribution in [1.82, 2.24) is 0 Å². The lowest BCUT2D eigenvalue weighted by molar-refractivity contribution is 0.447. The SMILES string of the molecule is CC.CC1CC=C(c2ccc(-c3cc(F)c(F)c(F)c3)c(F)c2)CC1. The van der Waals surface area contributed by atoms with E-state index in [-0.39, 0.29) is 11.1 Å². The summed E-state index contributed by atoms with van der Waals surface area (Å²) in [6.45, 7) is 6.18. The van der Waals surface area contributed by atoms with Crippen LogP contribution in [-0.2, 0) is 0 Å². The lowest BCUT2D eigenvalue weighted by atomic mass is 9.87. The van der Waals surface area contributed by atoms with Crippen LogP contribution in [0.25, 0.3) is 16.7 Å². The summed E-state index contributed by atoms with van der Waals surface area (Å²) in [4.78, 5) is 0. The van der Waals surface area contributed by atoms with Crippen LogP contribution in [0.5, 0.6) is 0 Å². The van der Waals surface area contributed by atoms with E-state index in [1.54, 1.807) is 6.07 Å². The highest BCUT2D eigenvalue weighted by Gasteiger charge is 2.16. The van der Waals surface area contributed by atoms with Gasteiger partial charge in [-0.2, -0.15) is 0 Å². The minimum Gasteiger partial charge on any atom is -0.206 e. The molecule has 4 heteroatoms. The quantitative estimate of drug-likeness (QED) is 0.399. The fourth-order valence-electron chi connectivity index (χ4n) is 2.89. The van der Waals surface area contributed by atoms with Crippen molar-refractivity contribution in [3.05, 3.63) is 65.2 Å². The van der Waals surface area contributed by atoms with Gasteiger partial charge in [0, 0.05) is 5.56 Å². The highest BCUT2D eigenvalue weighted by atomic mass is 19.2. The van der Waals surface area contributed by atoms with Crippen molar-refractivity contribution in [2.45, 2.75) is 40.0 Å². The van der Waals surface area contributed by atoms with Gasteiger partial charge in [-0.1, -0.05) is 39.0 Å². The van der Waals surface area contributed by atoms with Crippen LogP contribution in [0.2, 0.25) is 0 Å². The molecule has 1 aliphatic carbocycles. The molecule has 3 rings (SSSR count). The molecular formula is C21H22F4. The van der Waals surface area contributed by atoms with E-state index >= 15 is 0 Å². The number of hydrogen-bond acceptors (Lipinski definition) is 0. The average Bonchev–Trinajstić information content (AvgIpc) is 2.61. The van der Waals surface area contributed by atoms with Gasteiger partial charge in [-0.3, -0.25) is 0 Å². The van der Waals surface area contributed by atoms with Crippen molar-refractivity contribution in [2.75, 3.05) is 0 Å². The maximum atomic E-state index is 14.4. The zero-order valence-electron chi connectivity index (χ0n) is 14.7. The van der Waals surface area contributed by atoms with Gasteiger partial charge in [0.25, 0.3) is 0 Å². The topological polar surface area (TPSA) is 0 Å². The van der Waals surface area contributed by atoms with Crippen molar-refractivity contribution in [1.29, 1.82) is 0 Å². The number of rotatable bonds is 2. The number of hydrogen-bond donors (Lipinski definition) is 0. The fourth-order valence-corrected chi connectivity index (χ4v) is 2.89. The Morgan fingerprint density at radius 2 is 1.44 bits per heavy atom. The zero-order chi connectivity index (χ0) is 18.6. The highest BCUT2D eigenvalue weighted by molar-refractivity contribution is 5.71. The van der Waals surface area contributed by atoms with Gasteiger partial charge >= 0.3 is 0 Å². The zero-order valence-corrected chi connectivity index (χ0v) is 14.7. The fraction of sp³-hybridized carbons (Fsp3) is 0.333. The van der Waals surface area contributed by atoms with Crippen molar-refractivity contribution in [3.63, 3.8) is 0 Å². The summed E-state index contributed by atoms with van der Waals surface area (Å²) in [5.41, 5.74) is 1.90. The first kappa shape index (κ1) is 19.2. The van der Waals surface area contributed by atoms with Crippen molar-refractivity contribution in [2.24, 2.45) is 5.92 Å². The lowest BCUT2D eigenvalue weighted by Crippen LogP contribution is -2.01. The third kappa shape index (κ3) is 4.30. The molecule has 0 aliphatic heterocycles. The smallest absolute Gasteiger partial charge is 0.194 e. The summed E-state index contributed by atoms with van der Waals surface area (Å²) < 4.78 is 54.0. The molecule has 1 atom stereocenters. The van der Waals surface area contributed by atoms with E-state index in [1.807, 2.05) is 13.8 Å². The Morgan fingerprint density at radius 1 is 0.840 bits per heavy atom. The molecule has 134 valence electrons. The van der Waals surface area contributed by atoms with E-state index in [2.05, 4.69) is 13.0 Å². The van der Waals surface area contributed by atoms with Crippen LogP contribution in [0, 0.1) is 29.2 Å². The first-order valence-electron chi connectivity index (χ1n) is 8.59. The summed E-state index contributed by atoms with van der Waals surface area (Å²) >= 11 is 0. The molecule has 0 amide bonds. The summed E-state index contributed by atoms with van der Waals surface area (Å²) in [5, 5.41) is 0. The maximum Gasteiger partial charge on any atom is 0.194 e. The molecular weight excluding hydrogens is 328 g/mol. The Kier molecular flexibility index (Phi) is 6.40. The van der Waals surface area contributed by atoms with E-state index < -0.39 is 23.3 Å².